The van der Waals surface area contributed by atoms with E-state index in [1.807, 2.05) is 4.90 Å². The molecule has 0 aliphatic carbocycles. The molecule has 2 aliphatic heterocycles. The maximum Gasteiger partial charge on any atom is 0.236 e. The van der Waals surface area contributed by atoms with Crippen LogP contribution in [0.3, 0.4) is 0 Å². The summed E-state index contributed by atoms with van der Waals surface area (Å²) in [6.45, 7) is 10.2. The standard InChI is InChI=1S/C14H27N3O/c1-12(2)9-16(10-13-5-3-6-15-13)11-14(18)17-7-4-8-17/h12-13,15H,3-11H2,1-2H3. The Labute approximate surface area is 111 Å². The lowest BCUT2D eigenvalue weighted by Gasteiger charge is -2.34. The number of nitrogens with one attached hydrogen (secondary N) is 1. The number of carbonyl (C=O) groups excluding carboxylic acids is 1. The molecule has 0 saturated carbocycles. The first kappa shape index (κ1) is 13.8. The molecule has 0 bridgehead atoms. The fraction of sp³-hybridized carbons (Fsp3) is 0.929. The van der Waals surface area contributed by atoms with E-state index in [9.17, 15) is 4.79 Å². The van der Waals surface area contributed by atoms with Crippen LogP contribution in [0.1, 0.15) is 33.1 Å². The zero-order valence-electron chi connectivity index (χ0n) is 11.8. The molecule has 2 heterocycles. The molecule has 4 heteroatoms. The van der Waals surface area contributed by atoms with Gasteiger partial charge in [0, 0.05) is 32.2 Å². The van der Waals surface area contributed by atoms with Crippen molar-refractivity contribution in [2.45, 2.75) is 39.2 Å². The van der Waals surface area contributed by atoms with Gasteiger partial charge in [-0.2, -0.15) is 0 Å². The third-order valence-electron chi connectivity index (χ3n) is 3.83. The Hall–Kier alpha value is -0.610. The highest BCUT2D eigenvalue weighted by atomic mass is 16.2. The Morgan fingerprint density at radius 2 is 2.17 bits per heavy atom. The summed E-state index contributed by atoms with van der Waals surface area (Å²) in [5, 5.41) is 3.52. The van der Waals surface area contributed by atoms with E-state index in [1.165, 1.54) is 19.3 Å². The summed E-state index contributed by atoms with van der Waals surface area (Å²) in [5.41, 5.74) is 0. The minimum absolute atomic E-state index is 0.319. The molecule has 4 nitrogen and oxygen atoms in total. The lowest BCUT2D eigenvalue weighted by Crippen LogP contribution is -2.49. The Bertz CT molecular complexity index is 270. The van der Waals surface area contributed by atoms with Gasteiger partial charge in [0.1, 0.15) is 0 Å². The summed E-state index contributed by atoms with van der Waals surface area (Å²) in [6, 6.07) is 0.591. The average Bonchev–Trinajstić information content (AvgIpc) is 2.65. The third kappa shape index (κ3) is 3.95. The number of rotatable bonds is 6. The minimum atomic E-state index is 0.319. The van der Waals surface area contributed by atoms with Crippen LogP contribution in [-0.4, -0.2) is 61.0 Å². The molecule has 0 spiro atoms. The first-order valence-corrected chi connectivity index (χ1v) is 7.38. The second-order valence-electron chi connectivity index (χ2n) is 6.12. The Morgan fingerprint density at radius 3 is 2.67 bits per heavy atom. The van der Waals surface area contributed by atoms with Crippen molar-refractivity contribution in [3.8, 4) is 0 Å². The summed E-state index contributed by atoms with van der Waals surface area (Å²) in [4.78, 5) is 16.4. The van der Waals surface area contributed by atoms with E-state index in [4.69, 9.17) is 0 Å². The first-order valence-electron chi connectivity index (χ1n) is 7.38. The van der Waals surface area contributed by atoms with Gasteiger partial charge in [-0.25, -0.2) is 0 Å². The molecular weight excluding hydrogens is 226 g/mol. The maximum absolute atomic E-state index is 12.1. The number of hydrogen-bond acceptors (Lipinski definition) is 3. The molecule has 2 fully saturated rings. The fourth-order valence-electron chi connectivity index (χ4n) is 2.80. The van der Waals surface area contributed by atoms with Crippen LogP contribution in [0.4, 0.5) is 0 Å². The van der Waals surface area contributed by atoms with Crippen molar-refractivity contribution in [1.82, 2.24) is 15.1 Å². The van der Waals surface area contributed by atoms with Gasteiger partial charge in [0.05, 0.1) is 6.54 Å². The molecule has 1 N–H and O–H groups in total. The van der Waals surface area contributed by atoms with E-state index in [0.717, 1.165) is 32.7 Å². The Balaban J connectivity index is 1.80. The van der Waals surface area contributed by atoms with Gasteiger partial charge < -0.3 is 10.2 Å². The smallest absolute Gasteiger partial charge is 0.236 e. The van der Waals surface area contributed by atoms with Gasteiger partial charge >= 0.3 is 0 Å². The van der Waals surface area contributed by atoms with Crippen LogP contribution in [0.2, 0.25) is 0 Å². The highest BCUT2D eigenvalue weighted by molar-refractivity contribution is 5.78. The van der Waals surface area contributed by atoms with Gasteiger partial charge in [-0.05, 0) is 31.7 Å². The van der Waals surface area contributed by atoms with Crippen LogP contribution < -0.4 is 5.32 Å². The quantitative estimate of drug-likeness (QED) is 0.765. The second-order valence-corrected chi connectivity index (χ2v) is 6.12. The zero-order chi connectivity index (χ0) is 13.0. The van der Waals surface area contributed by atoms with Crippen LogP contribution in [0.15, 0.2) is 0 Å². The normalized spacial score (nSPS) is 23.8. The summed E-state index contributed by atoms with van der Waals surface area (Å²) >= 11 is 0. The van der Waals surface area contributed by atoms with Gasteiger partial charge in [-0.1, -0.05) is 13.8 Å². The topological polar surface area (TPSA) is 35.6 Å². The van der Waals surface area contributed by atoms with Crippen LogP contribution in [0, 0.1) is 5.92 Å². The third-order valence-corrected chi connectivity index (χ3v) is 3.83. The maximum atomic E-state index is 12.1. The monoisotopic (exact) mass is 253 g/mol. The molecule has 1 atom stereocenters. The van der Waals surface area contributed by atoms with Crippen molar-refractivity contribution in [3.05, 3.63) is 0 Å². The van der Waals surface area contributed by atoms with Gasteiger partial charge in [0.25, 0.3) is 0 Å². The van der Waals surface area contributed by atoms with Crippen molar-refractivity contribution < 1.29 is 4.79 Å². The van der Waals surface area contributed by atoms with Crippen molar-refractivity contribution in [2.24, 2.45) is 5.92 Å². The molecule has 0 aromatic heterocycles. The Kier molecular flexibility index (Phi) is 5.01. The molecule has 1 amide bonds. The molecule has 104 valence electrons. The fourth-order valence-corrected chi connectivity index (χ4v) is 2.80. The van der Waals surface area contributed by atoms with Crippen LogP contribution in [0.25, 0.3) is 0 Å². The lowest BCUT2D eigenvalue weighted by molar-refractivity contribution is -0.136. The predicted octanol–water partition coefficient (Wildman–Crippen LogP) is 0.929. The van der Waals surface area contributed by atoms with E-state index < -0.39 is 0 Å². The molecular formula is C14H27N3O. The van der Waals surface area contributed by atoms with Crippen molar-refractivity contribution in [2.75, 3.05) is 39.3 Å². The van der Waals surface area contributed by atoms with Crippen LogP contribution in [0.5, 0.6) is 0 Å². The molecule has 2 aliphatic rings. The van der Waals surface area contributed by atoms with Crippen molar-refractivity contribution in [3.63, 3.8) is 0 Å². The average molecular weight is 253 g/mol. The highest BCUT2D eigenvalue weighted by Gasteiger charge is 2.24. The number of likely N-dealkylation sites (tertiary alicyclic amines) is 1. The summed E-state index contributed by atoms with van der Waals surface area (Å²) in [5.74, 6) is 0.940. The second kappa shape index (κ2) is 6.53. The van der Waals surface area contributed by atoms with Gasteiger partial charge in [-0.15, -0.1) is 0 Å². The Morgan fingerprint density at radius 1 is 1.39 bits per heavy atom. The molecule has 18 heavy (non-hydrogen) atoms. The lowest BCUT2D eigenvalue weighted by atomic mass is 10.1. The molecule has 0 radical (unpaired) electrons. The van der Waals surface area contributed by atoms with Gasteiger partial charge in [0.15, 0.2) is 0 Å². The minimum Gasteiger partial charge on any atom is -0.341 e. The van der Waals surface area contributed by atoms with E-state index in [2.05, 4.69) is 24.1 Å². The van der Waals surface area contributed by atoms with E-state index in [-0.39, 0.29) is 0 Å². The van der Waals surface area contributed by atoms with Crippen molar-refractivity contribution >= 4 is 5.91 Å². The largest absolute Gasteiger partial charge is 0.341 e. The van der Waals surface area contributed by atoms with Gasteiger partial charge in [0.2, 0.25) is 5.91 Å². The molecule has 2 rings (SSSR count). The van der Waals surface area contributed by atoms with Crippen LogP contribution >= 0.6 is 0 Å². The van der Waals surface area contributed by atoms with E-state index in [1.54, 1.807) is 0 Å². The van der Waals surface area contributed by atoms with E-state index >= 15 is 0 Å². The van der Waals surface area contributed by atoms with Gasteiger partial charge in [-0.3, -0.25) is 9.69 Å². The summed E-state index contributed by atoms with van der Waals surface area (Å²) < 4.78 is 0. The predicted molar refractivity (Wildman–Crippen MR) is 73.5 cm³/mol. The highest BCUT2D eigenvalue weighted by Crippen LogP contribution is 2.11. The number of carbonyl (C=O) groups is 1. The summed E-state index contributed by atoms with van der Waals surface area (Å²) in [7, 11) is 0. The molecule has 1 unspecified atom stereocenters. The molecule has 0 aromatic carbocycles. The zero-order valence-corrected chi connectivity index (χ0v) is 11.8. The number of hydrogen-bond donors (Lipinski definition) is 1. The molecule has 2 saturated heterocycles. The number of amides is 1. The van der Waals surface area contributed by atoms with Crippen LogP contribution in [-0.2, 0) is 4.79 Å². The SMILES string of the molecule is CC(C)CN(CC(=O)N1CCC1)CC1CCCN1. The molecule has 0 aromatic rings. The van der Waals surface area contributed by atoms with Crippen molar-refractivity contribution in [1.29, 1.82) is 0 Å². The summed E-state index contributed by atoms with van der Waals surface area (Å²) in [6.07, 6.45) is 3.72. The van der Waals surface area contributed by atoms with E-state index in [0.29, 0.717) is 24.4 Å². The first-order chi connectivity index (χ1) is 8.65. The number of nitrogens with zero attached hydrogens (tertiary/aromatic N) is 2.